The van der Waals surface area contributed by atoms with Crippen LogP contribution in [0.25, 0.3) is 0 Å². The zero-order valence-corrected chi connectivity index (χ0v) is 11.8. The van der Waals surface area contributed by atoms with Gasteiger partial charge in [-0.1, -0.05) is 29.8 Å². The third kappa shape index (κ3) is 2.96. The molecule has 0 saturated heterocycles. The van der Waals surface area contributed by atoms with Crippen molar-refractivity contribution >= 4 is 5.69 Å². The average molecular weight is 271 g/mol. The molecule has 2 aromatic carbocycles. The first-order chi connectivity index (χ1) is 9.51. The van der Waals surface area contributed by atoms with Crippen LogP contribution in [0.3, 0.4) is 0 Å². The highest BCUT2D eigenvalue weighted by molar-refractivity contribution is 5.49. The van der Waals surface area contributed by atoms with Crippen LogP contribution >= 0.6 is 0 Å². The standard InChI is InChI=1S/C16H17NO3/c1-11-4-5-12(2)14(8-11)9-13-6-7-15(17(18)19)16(10-13)20-3/h4-8,10H,9H2,1-3H3. The lowest BCUT2D eigenvalue weighted by molar-refractivity contribution is -0.385. The predicted octanol–water partition coefficient (Wildman–Crippen LogP) is 3.81. The van der Waals surface area contributed by atoms with E-state index in [1.165, 1.54) is 29.9 Å². The number of rotatable bonds is 4. The summed E-state index contributed by atoms with van der Waals surface area (Å²) in [7, 11) is 1.45. The van der Waals surface area contributed by atoms with Gasteiger partial charge < -0.3 is 4.74 Å². The molecule has 104 valence electrons. The first-order valence-corrected chi connectivity index (χ1v) is 6.38. The van der Waals surface area contributed by atoms with E-state index >= 15 is 0 Å². The van der Waals surface area contributed by atoms with Crippen molar-refractivity contribution in [3.8, 4) is 5.75 Å². The number of benzene rings is 2. The molecule has 0 N–H and O–H groups in total. The van der Waals surface area contributed by atoms with Gasteiger partial charge in [0, 0.05) is 6.07 Å². The van der Waals surface area contributed by atoms with Gasteiger partial charge in [0.25, 0.3) is 0 Å². The van der Waals surface area contributed by atoms with Crippen molar-refractivity contribution in [3.05, 3.63) is 68.8 Å². The highest BCUT2D eigenvalue weighted by Crippen LogP contribution is 2.28. The summed E-state index contributed by atoms with van der Waals surface area (Å²) in [6.07, 6.45) is 0.738. The fourth-order valence-electron chi connectivity index (χ4n) is 2.19. The van der Waals surface area contributed by atoms with Crippen molar-refractivity contribution in [1.82, 2.24) is 0 Å². The lowest BCUT2D eigenvalue weighted by Crippen LogP contribution is -1.97. The van der Waals surface area contributed by atoms with Gasteiger partial charge in [0.15, 0.2) is 5.75 Å². The van der Waals surface area contributed by atoms with Crippen LogP contribution in [0.4, 0.5) is 5.69 Å². The zero-order chi connectivity index (χ0) is 14.7. The van der Waals surface area contributed by atoms with E-state index in [0.29, 0.717) is 5.75 Å². The smallest absolute Gasteiger partial charge is 0.310 e. The fourth-order valence-corrected chi connectivity index (χ4v) is 2.19. The van der Waals surface area contributed by atoms with E-state index in [1.807, 2.05) is 0 Å². The minimum atomic E-state index is -0.430. The second-order valence-corrected chi connectivity index (χ2v) is 4.87. The van der Waals surface area contributed by atoms with E-state index < -0.39 is 4.92 Å². The van der Waals surface area contributed by atoms with Gasteiger partial charge in [-0.15, -0.1) is 0 Å². The largest absolute Gasteiger partial charge is 0.490 e. The van der Waals surface area contributed by atoms with Gasteiger partial charge >= 0.3 is 5.69 Å². The van der Waals surface area contributed by atoms with Crippen molar-refractivity contribution in [1.29, 1.82) is 0 Å². The van der Waals surface area contributed by atoms with E-state index in [1.54, 1.807) is 12.1 Å². The molecule has 0 unspecified atom stereocenters. The first-order valence-electron chi connectivity index (χ1n) is 6.38. The summed E-state index contributed by atoms with van der Waals surface area (Å²) in [6.45, 7) is 4.12. The summed E-state index contributed by atoms with van der Waals surface area (Å²) in [4.78, 5) is 10.4. The molecule has 0 aliphatic heterocycles. The van der Waals surface area contributed by atoms with Crippen LogP contribution in [0.1, 0.15) is 22.3 Å². The van der Waals surface area contributed by atoms with Gasteiger partial charge in [0.1, 0.15) is 0 Å². The molecule has 0 fully saturated rings. The molecular weight excluding hydrogens is 254 g/mol. The number of hydrogen-bond donors (Lipinski definition) is 0. The molecule has 0 radical (unpaired) electrons. The van der Waals surface area contributed by atoms with Gasteiger partial charge in [-0.25, -0.2) is 0 Å². The molecule has 0 heterocycles. The van der Waals surface area contributed by atoms with E-state index in [9.17, 15) is 10.1 Å². The van der Waals surface area contributed by atoms with Crippen molar-refractivity contribution in [2.24, 2.45) is 0 Å². The Balaban J connectivity index is 2.34. The van der Waals surface area contributed by atoms with Crippen molar-refractivity contribution in [3.63, 3.8) is 0 Å². The Kier molecular flexibility index (Phi) is 4.03. The minimum Gasteiger partial charge on any atom is -0.490 e. The number of hydrogen-bond acceptors (Lipinski definition) is 3. The van der Waals surface area contributed by atoms with Crippen LogP contribution < -0.4 is 4.74 Å². The molecule has 0 amide bonds. The number of nitrogens with zero attached hydrogens (tertiary/aromatic N) is 1. The van der Waals surface area contributed by atoms with Crippen LogP contribution in [-0.2, 0) is 6.42 Å². The maximum Gasteiger partial charge on any atom is 0.310 e. The van der Waals surface area contributed by atoms with E-state index in [2.05, 4.69) is 32.0 Å². The second kappa shape index (κ2) is 5.74. The monoisotopic (exact) mass is 271 g/mol. The van der Waals surface area contributed by atoms with Crippen LogP contribution in [0, 0.1) is 24.0 Å². The van der Waals surface area contributed by atoms with Gasteiger partial charge in [-0.3, -0.25) is 10.1 Å². The van der Waals surface area contributed by atoms with Crippen LogP contribution in [0.15, 0.2) is 36.4 Å². The van der Waals surface area contributed by atoms with Crippen molar-refractivity contribution in [2.45, 2.75) is 20.3 Å². The third-order valence-corrected chi connectivity index (χ3v) is 3.34. The van der Waals surface area contributed by atoms with Crippen molar-refractivity contribution in [2.75, 3.05) is 7.11 Å². The van der Waals surface area contributed by atoms with Gasteiger partial charge in [0.05, 0.1) is 12.0 Å². The average Bonchev–Trinajstić information content (AvgIpc) is 2.42. The summed E-state index contributed by atoms with van der Waals surface area (Å²) in [5, 5.41) is 10.9. The molecule has 0 bridgehead atoms. The Morgan fingerprint density at radius 1 is 1.15 bits per heavy atom. The molecule has 2 aromatic rings. The normalized spacial score (nSPS) is 10.3. The third-order valence-electron chi connectivity index (χ3n) is 3.34. The highest BCUT2D eigenvalue weighted by Gasteiger charge is 2.15. The maximum atomic E-state index is 10.9. The van der Waals surface area contributed by atoms with Crippen LogP contribution in [0.5, 0.6) is 5.75 Å². The quantitative estimate of drug-likeness (QED) is 0.627. The number of ether oxygens (including phenoxy) is 1. The summed E-state index contributed by atoms with van der Waals surface area (Å²) in [5.41, 5.74) is 4.65. The summed E-state index contributed by atoms with van der Waals surface area (Å²) in [5.74, 6) is 0.304. The lowest BCUT2D eigenvalue weighted by atomic mass is 9.98. The molecule has 0 aliphatic carbocycles. The molecule has 0 atom stereocenters. The summed E-state index contributed by atoms with van der Waals surface area (Å²) < 4.78 is 5.10. The van der Waals surface area contributed by atoms with Crippen LogP contribution in [0.2, 0.25) is 0 Å². The Labute approximate surface area is 118 Å². The molecule has 20 heavy (non-hydrogen) atoms. The molecule has 4 nitrogen and oxygen atoms in total. The summed E-state index contributed by atoms with van der Waals surface area (Å²) in [6, 6.07) is 11.3. The predicted molar refractivity (Wildman–Crippen MR) is 78.4 cm³/mol. The zero-order valence-electron chi connectivity index (χ0n) is 11.8. The van der Waals surface area contributed by atoms with Crippen molar-refractivity contribution < 1.29 is 9.66 Å². The highest BCUT2D eigenvalue weighted by atomic mass is 16.6. The van der Waals surface area contributed by atoms with E-state index in [0.717, 1.165) is 12.0 Å². The van der Waals surface area contributed by atoms with E-state index in [4.69, 9.17) is 4.74 Å². The van der Waals surface area contributed by atoms with E-state index in [-0.39, 0.29) is 5.69 Å². The maximum absolute atomic E-state index is 10.9. The minimum absolute atomic E-state index is 0.00258. The number of aryl methyl sites for hydroxylation is 2. The molecular formula is C16H17NO3. The molecule has 4 heteroatoms. The molecule has 0 saturated carbocycles. The summed E-state index contributed by atoms with van der Waals surface area (Å²) >= 11 is 0. The van der Waals surface area contributed by atoms with Gasteiger partial charge in [-0.2, -0.15) is 0 Å². The SMILES string of the molecule is COc1cc(Cc2cc(C)ccc2C)ccc1[N+](=O)[O-]. The fraction of sp³-hybridized carbons (Fsp3) is 0.250. The molecule has 2 rings (SSSR count). The van der Waals surface area contributed by atoms with Gasteiger partial charge in [0.2, 0.25) is 0 Å². The number of nitro groups is 1. The Bertz CT molecular complexity index is 650. The number of methoxy groups -OCH3 is 1. The first kappa shape index (κ1) is 14.1. The molecule has 0 spiro atoms. The second-order valence-electron chi connectivity index (χ2n) is 4.87. The topological polar surface area (TPSA) is 52.4 Å². The van der Waals surface area contributed by atoms with Gasteiger partial charge in [-0.05, 0) is 43.0 Å². The molecule has 0 aliphatic rings. The Hall–Kier alpha value is -2.36. The number of nitro benzene ring substituents is 1. The van der Waals surface area contributed by atoms with Crippen LogP contribution in [-0.4, -0.2) is 12.0 Å². The lowest BCUT2D eigenvalue weighted by Gasteiger charge is -2.09. The molecule has 0 aromatic heterocycles. The Morgan fingerprint density at radius 3 is 2.55 bits per heavy atom. The Morgan fingerprint density at radius 2 is 1.90 bits per heavy atom.